The molecule has 1 fully saturated rings. The minimum absolute atomic E-state index is 0.101. The number of fused-ring (bicyclic) bond motifs is 1. The molecule has 0 radical (unpaired) electrons. The Hall–Kier alpha value is -2.14. The maximum atomic E-state index is 12.5. The number of para-hydroxylation sites is 1. The van der Waals surface area contributed by atoms with Crippen LogP contribution in [0.2, 0.25) is 0 Å². The van der Waals surface area contributed by atoms with Crippen LogP contribution in [-0.4, -0.2) is 30.2 Å². The molecule has 1 saturated heterocycles. The summed E-state index contributed by atoms with van der Waals surface area (Å²) in [5.41, 5.74) is 0.550. The minimum Gasteiger partial charge on any atom is -0.462 e. The van der Waals surface area contributed by atoms with Crippen molar-refractivity contribution in [3.05, 3.63) is 46.2 Å². The summed E-state index contributed by atoms with van der Waals surface area (Å²) in [5.74, 6) is -0.558. The zero-order chi connectivity index (χ0) is 15.0. The zero-order valence-corrected chi connectivity index (χ0v) is 12.2. The first-order chi connectivity index (χ1) is 10.1. The molecule has 1 aliphatic heterocycles. The third-order valence-corrected chi connectivity index (χ3v) is 4.00. The lowest BCUT2D eigenvalue weighted by Crippen LogP contribution is -2.58. The van der Waals surface area contributed by atoms with Crippen molar-refractivity contribution >= 4 is 16.9 Å². The topological polar surface area (TPSA) is 60.3 Å². The summed E-state index contributed by atoms with van der Waals surface area (Å²) in [5, 5.41) is 3.79. The number of carbonyl (C=O) groups excluding carboxylic acids is 1. The van der Waals surface area contributed by atoms with E-state index in [-0.39, 0.29) is 23.1 Å². The van der Waals surface area contributed by atoms with Gasteiger partial charge in [0.2, 0.25) is 5.43 Å². The Labute approximate surface area is 122 Å². The van der Waals surface area contributed by atoms with Gasteiger partial charge in [0.15, 0.2) is 0 Å². The fourth-order valence-electron chi connectivity index (χ4n) is 2.74. The van der Waals surface area contributed by atoms with Gasteiger partial charge >= 0.3 is 5.97 Å². The van der Waals surface area contributed by atoms with Gasteiger partial charge in [-0.1, -0.05) is 12.1 Å². The smallest absolute Gasteiger partial charge is 0.343 e. The van der Waals surface area contributed by atoms with E-state index in [1.807, 2.05) is 22.8 Å². The lowest BCUT2D eigenvalue weighted by molar-refractivity contribution is 0.0523. The number of benzene rings is 1. The zero-order valence-electron chi connectivity index (χ0n) is 12.2. The molecule has 21 heavy (non-hydrogen) atoms. The molecule has 5 heteroatoms. The molecular weight excluding hydrogens is 268 g/mol. The fourth-order valence-corrected chi connectivity index (χ4v) is 2.74. The van der Waals surface area contributed by atoms with Gasteiger partial charge in [-0.2, -0.15) is 0 Å². The molecule has 1 aromatic heterocycles. The number of esters is 1. The van der Waals surface area contributed by atoms with Crippen LogP contribution in [0.4, 0.5) is 0 Å². The summed E-state index contributed by atoms with van der Waals surface area (Å²) in [7, 11) is 0. The molecule has 2 aromatic rings. The van der Waals surface area contributed by atoms with Gasteiger partial charge in [-0.3, -0.25) is 4.79 Å². The van der Waals surface area contributed by atoms with E-state index >= 15 is 0 Å². The first-order valence-electron chi connectivity index (χ1n) is 7.09. The molecule has 0 unspecified atom stereocenters. The Kier molecular flexibility index (Phi) is 3.29. The maximum Gasteiger partial charge on any atom is 0.343 e. The molecule has 1 aromatic carbocycles. The first kappa shape index (κ1) is 13.8. The van der Waals surface area contributed by atoms with E-state index in [9.17, 15) is 9.59 Å². The van der Waals surface area contributed by atoms with Crippen molar-refractivity contribution < 1.29 is 9.53 Å². The molecule has 2 heterocycles. The van der Waals surface area contributed by atoms with E-state index in [1.54, 1.807) is 19.2 Å². The van der Waals surface area contributed by atoms with Crippen LogP contribution in [-0.2, 0) is 10.3 Å². The standard InChI is InChI=1S/C16H18N2O3/c1-3-21-15(20)12-8-18(16(2)9-17-10-16)13-7-5-4-6-11(13)14(12)19/h4-8,17H,3,9-10H2,1-2H3. The molecule has 0 amide bonds. The molecule has 0 aliphatic carbocycles. The van der Waals surface area contributed by atoms with Crippen LogP contribution >= 0.6 is 0 Å². The number of nitrogens with one attached hydrogen (secondary N) is 1. The second kappa shape index (κ2) is 5.00. The van der Waals surface area contributed by atoms with Crippen molar-refractivity contribution in [2.75, 3.05) is 19.7 Å². The number of hydrogen-bond acceptors (Lipinski definition) is 4. The molecule has 3 rings (SSSR count). The van der Waals surface area contributed by atoms with Gasteiger partial charge in [0.05, 0.1) is 17.7 Å². The highest BCUT2D eigenvalue weighted by atomic mass is 16.5. The van der Waals surface area contributed by atoms with E-state index in [2.05, 4.69) is 12.2 Å². The molecule has 110 valence electrons. The molecule has 0 spiro atoms. The Morgan fingerprint density at radius 2 is 2.10 bits per heavy atom. The number of pyridine rings is 1. The van der Waals surface area contributed by atoms with Gasteiger partial charge < -0.3 is 14.6 Å². The van der Waals surface area contributed by atoms with Crippen LogP contribution in [0, 0.1) is 0 Å². The van der Waals surface area contributed by atoms with E-state index in [0.29, 0.717) is 5.39 Å². The quantitative estimate of drug-likeness (QED) is 0.869. The van der Waals surface area contributed by atoms with E-state index in [4.69, 9.17) is 4.74 Å². The van der Waals surface area contributed by atoms with Gasteiger partial charge in [-0.25, -0.2) is 4.79 Å². The number of hydrogen-bond donors (Lipinski definition) is 1. The lowest BCUT2D eigenvalue weighted by Gasteiger charge is -2.42. The largest absolute Gasteiger partial charge is 0.462 e. The molecule has 0 atom stereocenters. The lowest BCUT2D eigenvalue weighted by atomic mass is 9.93. The number of nitrogens with zero attached hydrogens (tertiary/aromatic N) is 1. The van der Waals surface area contributed by atoms with Gasteiger partial charge in [0, 0.05) is 24.7 Å². The summed E-state index contributed by atoms with van der Waals surface area (Å²) in [6, 6.07) is 7.38. The predicted molar refractivity (Wildman–Crippen MR) is 80.7 cm³/mol. The van der Waals surface area contributed by atoms with Crippen LogP contribution in [0.5, 0.6) is 0 Å². The minimum atomic E-state index is -0.558. The first-order valence-corrected chi connectivity index (χ1v) is 7.09. The van der Waals surface area contributed by atoms with Crippen molar-refractivity contribution in [2.24, 2.45) is 0 Å². The van der Waals surface area contributed by atoms with Gasteiger partial charge in [0.1, 0.15) is 5.56 Å². The molecule has 5 nitrogen and oxygen atoms in total. The highest BCUT2D eigenvalue weighted by Gasteiger charge is 2.35. The highest BCUT2D eigenvalue weighted by molar-refractivity contribution is 5.93. The van der Waals surface area contributed by atoms with Crippen molar-refractivity contribution in [3.8, 4) is 0 Å². The SMILES string of the molecule is CCOC(=O)c1cn(C2(C)CNC2)c2ccccc2c1=O. The summed E-state index contributed by atoms with van der Waals surface area (Å²) >= 11 is 0. The van der Waals surface area contributed by atoms with Crippen LogP contribution in [0.3, 0.4) is 0 Å². The van der Waals surface area contributed by atoms with Crippen molar-refractivity contribution in [2.45, 2.75) is 19.4 Å². The fraction of sp³-hybridized carbons (Fsp3) is 0.375. The third kappa shape index (κ3) is 2.14. The second-order valence-corrected chi connectivity index (χ2v) is 5.58. The summed E-state index contributed by atoms with van der Waals surface area (Å²) < 4.78 is 7.03. The maximum absolute atomic E-state index is 12.5. The van der Waals surface area contributed by atoms with Gasteiger partial charge in [-0.05, 0) is 26.0 Å². The van der Waals surface area contributed by atoms with Crippen LogP contribution in [0.25, 0.3) is 10.9 Å². The Bertz CT molecular complexity index is 760. The predicted octanol–water partition coefficient (Wildman–Crippen LogP) is 1.50. The van der Waals surface area contributed by atoms with Crippen molar-refractivity contribution in [3.63, 3.8) is 0 Å². The van der Waals surface area contributed by atoms with Crippen LogP contribution in [0.1, 0.15) is 24.2 Å². The van der Waals surface area contributed by atoms with Gasteiger partial charge in [0.25, 0.3) is 0 Å². The summed E-state index contributed by atoms with van der Waals surface area (Å²) in [6.07, 6.45) is 1.64. The third-order valence-electron chi connectivity index (χ3n) is 4.00. The van der Waals surface area contributed by atoms with E-state index in [1.165, 1.54) is 0 Å². The number of aromatic nitrogens is 1. The molecule has 1 N–H and O–H groups in total. The Balaban J connectivity index is 2.28. The monoisotopic (exact) mass is 286 g/mol. The van der Waals surface area contributed by atoms with E-state index in [0.717, 1.165) is 18.6 Å². The van der Waals surface area contributed by atoms with Crippen LogP contribution < -0.4 is 10.7 Å². The number of rotatable bonds is 3. The normalized spacial score (nSPS) is 16.5. The molecule has 1 aliphatic rings. The Morgan fingerprint density at radius 1 is 1.38 bits per heavy atom. The molecular formula is C16H18N2O3. The number of carbonyl (C=O) groups is 1. The van der Waals surface area contributed by atoms with Crippen LogP contribution in [0.15, 0.2) is 35.3 Å². The highest BCUT2D eigenvalue weighted by Crippen LogP contribution is 2.25. The second-order valence-electron chi connectivity index (χ2n) is 5.58. The van der Waals surface area contributed by atoms with E-state index < -0.39 is 5.97 Å². The molecule has 0 bridgehead atoms. The average Bonchev–Trinajstić information content (AvgIpc) is 2.46. The summed E-state index contributed by atoms with van der Waals surface area (Å²) in [6.45, 7) is 5.71. The average molecular weight is 286 g/mol. The van der Waals surface area contributed by atoms with Crippen molar-refractivity contribution in [1.82, 2.24) is 9.88 Å². The van der Waals surface area contributed by atoms with Crippen molar-refractivity contribution in [1.29, 1.82) is 0 Å². The van der Waals surface area contributed by atoms with Gasteiger partial charge in [-0.15, -0.1) is 0 Å². The summed E-state index contributed by atoms with van der Waals surface area (Å²) in [4.78, 5) is 24.5. The molecule has 0 saturated carbocycles. The Morgan fingerprint density at radius 3 is 2.71 bits per heavy atom. The number of ether oxygens (including phenoxy) is 1.